The molecule has 6 nitrogen and oxygen atoms in total. The maximum atomic E-state index is 12.2. The first-order chi connectivity index (χ1) is 10.6. The van der Waals surface area contributed by atoms with Crippen molar-refractivity contribution in [3.63, 3.8) is 0 Å². The summed E-state index contributed by atoms with van der Waals surface area (Å²) in [6, 6.07) is 8.45. The Bertz CT molecular complexity index is 901. The Balaban J connectivity index is 2.22. The van der Waals surface area contributed by atoms with Crippen LogP contribution < -0.4 is 0 Å². The third-order valence-corrected chi connectivity index (χ3v) is 4.34. The summed E-state index contributed by atoms with van der Waals surface area (Å²) in [4.78, 5) is 24.4. The van der Waals surface area contributed by atoms with Gasteiger partial charge in [0, 0.05) is 16.5 Å². The number of imide groups is 1. The van der Waals surface area contributed by atoms with Gasteiger partial charge in [0.15, 0.2) is 0 Å². The van der Waals surface area contributed by atoms with Crippen LogP contribution in [-0.4, -0.2) is 30.9 Å². The molecule has 23 heavy (non-hydrogen) atoms. The molecule has 0 unspecified atom stereocenters. The quantitative estimate of drug-likeness (QED) is 0.780. The number of hydrogen-bond acceptors (Lipinski definition) is 5. The Morgan fingerprint density at radius 2 is 1.39 bits per heavy atom. The molecule has 10 heteroatoms. The molecule has 0 atom stereocenters. The zero-order valence-electron chi connectivity index (χ0n) is 11.0. The standard InChI is InChI=1S/C13H6F3NO5S/c14-13(15,16)22-23(20,21)17-11(18)8-5-1-3-7-4-2-6-9(10(7)8)12(17)19/h1-6H. The molecule has 0 aliphatic carbocycles. The molecule has 1 aliphatic heterocycles. The molecule has 2 aromatic carbocycles. The van der Waals surface area contributed by atoms with Gasteiger partial charge in [-0.2, -0.15) is 12.6 Å². The minimum Gasteiger partial charge on any atom is -0.267 e. The normalized spacial score (nSPS) is 15.3. The third-order valence-electron chi connectivity index (χ3n) is 3.16. The van der Waals surface area contributed by atoms with E-state index in [1.165, 1.54) is 24.3 Å². The Hall–Kier alpha value is -2.46. The third kappa shape index (κ3) is 2.45. The predicted octanol–water partition coefficient (Wildman–Crippen LogP) is 2.22. The molecule has 0 saturated heterocycles. The van der Waals surface area contributed by atoms with Gasteiger partial charge in [-0.15, -0.1) is 17.5 Å². The van der Waals surface area contributed by atoms with Crippen LogP contribution in [0, 0.1) is 0 Å². The summed E-state index contributed by atoms with van der Waals surface area (Å²) in [5.74, 6) is -2.80. The highest BCUT2D eigenvalue weighted by molar-refractivity contribution is 7.85. The number of carbonyl (C=O) groups is 2. The molecule has 2 aromatic rings. The van der Waals surface area contributed by atoms with Gasteiger partial charge in [-0.05, 0) is 17.5 Å². The fourth-order valence-electron chi connectivity index (χ4n) is 2.37. The number of nitrogens with zero attached hydrogens (tertiary/aromatic N) is 1. The molecule has 0 spiro atoms. The fourth-order valence-corrected chi connectivity index (χ4v) is 3.28. The lowest BCUT2D eigenvalue weighted by atomic mass is 9.95. The molecule has 0 radical (unpaired) electrons. The van der Waals surface area contributed by atoms with E-state index in [0.717, 1.165) is 0 Å². The van der Waals surface area contributed by atoms with Crippen molar-refractivity contribution in [2.75, 3.05) is 0 Å². The van der Waals surface area contributed by atoms with Crippen LogP contribution in [-0.2, 0) is 14.5 Å². The first kappa shape index (κ1) is 15.4. The summed E-state index contributed by atoms with van der Waals surface area (Å²) in [6.07, 6.45) is -5.57. The molecule has 1 heterocycles. The van der Waals surface area contributed by atoms with Crippen molar-refractivity contribution in [2.45, 2.75) is 6.36 Å². The van der Waals surface area contributed by atoms with Crippen molar-refractivity contribution >= 4 is 32.9 Å². The summed E-state index contributed by atoms with van der Waals surface area (Å²) in [5.41, 5.74) is -0.404. The Morgan fingerprint density at radius 1 is 0.913 bits per heavy atom. The highest BCUT2D eigenvalue weighted by atomic mass is 32.2. The molecule has 0 fully saturated rings. The topological polar surface area (TPSA) is 80.8 Å². The number of halogens is 3. The predicted molar refractivity (Wildman–Crippen MR) is 70.5 cm³/mol. The zero-order chi connectivity index (χ0) is 17.0. The van der Waals surface area contributed by atoms with E-state index in [9.17, 15) is 31.2 Å². The summed E-state index contributed by atoms with van der Waals surface area (Å²) in [5, 5.41) is 0.666. The average molecular weight is 345 g/mol. The lowest BCUT2D eigenvalue weighted by molar-refractivity contribution is -0.273. The largest absolute Gasteiger partial charge is 0.538 e. The van der Waals surface area contributed by atoms with Crippen LogP contribution in [0.1, 0.15) is 20.7 Å². The second kappa shape index (κ2) is 4.77. The van der Waals surface area contributed by atoms with Crippen LogP contribution in [0.2, 0.25) is 0 Å². The number of carbonyl (C=O) groups excluding carboxylic acids is 2. The van der Waals surface area contributed by atoms with Gasteiger partial charge < -0.3 is 0 Å². The van der Waals surface area contributed by atoms with Gasteiger partial charge in [-0.25, -0.2) is 0 Å². The first-order valence-electron chi connectivity index (χ1n) is 6.05. The van der Waals surface area contributed by atoms with Crippen molar-refractivity contribution < 1.29 is 35.4 Å². The molecule has 2 amide bonds. The van der Waals surface area contributed by atoms with Gasteiger partial charge in [-0.1, -0.05) is 24.3 Å². The van der Waals surface area contributed by atoms with Crippen LogP contribution >= 0.6 is 0 Å². The summed E-state index contributed by atoms with van der Waals surface area (Å²) >= 11 is 0. The SMILES string of the molecule is O=C1c2cccc3cccc(c23)C(=O)N1S(=O)(=O)OC(F)(F)F. The Morgan fingerprint density at radius 3 is 1.83 bits per heavy atom. The zero-order valence-corrected chi connectivity index (χ0v) is 11.8. The van der Waals surface area contributed by atoms with Crippen molar-refractivity contribution in [2.24, 2.45) is 0 Å². The summed E-state index contributed by atoms with van der Waals surface area (Å²) in [6.45, 7) is 0. The van der Waals surface area contributed by atoms with Crippen LogP contribution in [0.3, 0.4) is 0 Å². The van der Waals surface area contributed by atoms with E-state index < -0.39 is 32.8 Å². The van der Waals surface area contributed by atoms with Crippen LogP contribution in [0.25, 0.3) is 10.8 Å². The smallest absolute Gasteiger partial charge is 0.267 e. The average Bonchev–Trinajstić information content (AvgIpc) is 2.41. The monoisotopic (exact) mass is 345 g/mol. The molecule has 1 aliphatic rings. The van der Waals surface area contributed by atoms with Crippen molar-refractivity contribution in [3.05, 3.63) is 47.5 Å². The highest BCUT2D eigenvalue weighted by Gasteiger charge is 2.47. The first-order valence-corrected chi connectivity index (χ1v) is 7.41. The Kier molecular flexibility index (Phi) is 3.20. The lowest BCUT2D eigenvalue weighted by Gasteiger charge is -2.25. The fraction of sp³-hybridized carbons (Fsp3) is 0.0769. The molecular formula is C13H6F3NO5S. The van der Waals surface area contributed by atoms with Gasteiger partial charge in [0.25, 0.3) is 11.8 Å². The number of benzene rings is 2. The number of amides is 2. The molecule has 0 aromatic heterocycles. The second-order valence-corrected chi connectivity index (χ2v) is 5.96. The number of rotatable bonds is 2. The van der Waals surface area contributed by atoms with Gasteiger partial charge in [0.2, 0.25) is 0 Å². The van der Waals surface area contributed by atoms with Crippen LogP contribution in [0.4, 0.5) is 13.2 Å². The molecule has 0 N–H and O–H groups in total. The minimum atomic E-state index is -5.67. The van der Waals surface area contributed by atoms with E-state index in [0.29, 0.717) is 5.39 Å². The maximum Gasteiger partial charge on any atom is 0.538 e. The molecule has 3 rings (SSSR count). The van der Waals surface area contributed by atoms with Crippen molar-refractivity contribution in [1.82, 2.24) is 4.31 Å². The van der Waals surface area contributed by atoms with E-state index in [2.05, 4.69) is 4.18 Å². The van der Waals surface area contributed by atoms with Crippen LogP contribution in [0.5, 0.6) is 0 Å². The summed E-state index contributed by atoms with van der Waals surface area (Å²) < 4.78 is 62.5. The maximum absolute atomic E-state index is 12.2. The van der Waals surface area contributed by atoms with Crippen molar-refractivity contribution in [1.29, 1.82) is 0 Å². The molecule has 0 saturated carbocycles. The second-order valence-electron chi connectivity index (χ2n) is 4.57. The van der Waals surface area contributed by atoms with E-state index in [1.54, 1.807) is 12.1 Å². The van der Waals surface area contributed by atoms with E-state index in [1.807, 2.05) is 0 Å². The number of hydrogen-bond donors (Lipinski definition) is 0. The molecule has 0 bridgehead atoms. The Labute approximate surface area is 127 Å². The van der Waals surface area contributed by atoms with E-state index in [-0.39, 0.29) is 16.5 Å². The van der Waals surface area contributed by atoms with Gasteiger partial charge in [0.05, 0.1) is 0 Å². The van der Waals surface area contributed by atoms with E-state index >= 15 is 0 Å². The van der Waals surface area contributed by atoms with Gasteiger partial charge >= 0.3 is 16.7 Å². The lowest BCUT2D eigenvalue weighted by Crippen LogP contribution is -2.46. The number of alkyl halides is 3. The highest BCUT2D eigenvalue weighted by Crippen LogP contribution is 2.33. The molecular weight excluding hydrogens is 339 g/mol. The summed E-state index contributed by atoms with van der Waals surface area (Å²) in [7, 11) is -5.67. The van der Waals surface area contributed by atoms with Crippen LogP contribution in [0.15, 0.2) is 36.4 Å². The van der Waals surface area contributed by atoms with E-state index in [4.69, 9.17) is 0 Å². The molecule has 120 valence electrons. The van der Waals surface area contributed by atoms with Gasteiger partial charge in [-0.3, -0.25) is 9.59 Å². The van der Waals surface area contributed by atoms with Gasteiger partial charge in [0.1, 0.15) is 0 Å². The minimum absolute atomic E-state index is 0.184. The van der Waals surface area contributed by atoms with Crippen molar-refractivity contribution in [3.8, 4) is 0 Å².